The molecule has 202 valence electrons. The lowest BCUT2D eigenvalue weighted by Gasteiger charge is -2.34. The Morgan fingerprint density at radius 3 is 2.63 bits per heavy atom. The zero-order chi connectivity index (χ0) is 27.0. The zero-order valence-corrected chi connectivity index (χ0v) is 21.3. The number of fused-ring (bicyclic) bond motifs is 4. The Kier molecular flexibility index (Phi) is 7.02. The van der Waals surface area contributed by atoms with Gasteiger partial charge < -0.3 is 33.9 Å². The maximum atomic E-state index is 13.2. The number of Topliss-reactive ketones (excluding diaryl/α,β-unsaturated/α-hetero) is 1. The van der Waals surface area contributed by atoms with E-state index in [1.807, 2.05) is 13.8 Å². The number of carbonyl (C=O) groups excluding carboxylic acids is 3. The summed E-state index contributed by atoms with van der Waals surface area (Å²) in [6, 6.07) is 3.71. The third-order valence-corrected chi connectivity index (χ3v) is 6.95. The minimum atomic E-state index is -1.33. The van der Waals surface area contributed by atoms with Crippen LogP contribution in [-0.4, -0.2) is 46.6 Å². The summed E-state index contributed by atoms with van der Waals surface area (Å²) in [6.07, 6.45) is 3.20. The monoisotopic (exact) mass is 526 g/mol. The van der Waals surface area contributed by atoms with Crippen molar-refractivity contribution in [1.29, 1.82) is 0 Å². The minimum absolute atomic E-state index is 0.00212. The first-order chi connectivity index (χ1) is 18.2. The van der Waals surface area contributed by atoms with Crippen molar-refractivity contribution in [1.82, 2.24) is 0 Å². The molecule has 0 amide bonds. The molecule has 2 atom stereocenters. The predicted octanol–water partition coefficient (Wildman–Crippen LogP) is 4.70. The van der Waals surface area contributed by atoms with E-state index in [9.17, 15) is 24.6 Å². The van der Waals surface area contributed by atoms with Gasteiger partial charge in [-0.05, 0) is 25.0 Å². The second-order valence-electron chi connectivity index (χ2n) is 9.74. The predicted molar refractivity (Wildman–Crippen MR) is 132 cm³/mol. The number of ketones is 1. The Bertz CT molecular complexity index is 1300. The number of phenols is 2. The summed E-state index contributed by atoms with van der Waals surface area (Å²) in [5.41, 5.74) is 0.392. The first-order valence-electron chi connectivity index (χ1n) is 12.9. The lowest BCUT2D eigenvalue weighted by Crippen LogP contribution is -2.42. The van der Waals surface area contributed by atoms with Crippen LogP contribution in [0.3, 0.4) is 0 Å². The summed E-state index contributed by atoms with van der Waals surface area (Å²) in [6.45, 7) is 4.29. The number of hydrogen-bond acceptors (Lipinski definition) is 10. The van der Waals surface area contributed by atoms with E-state index in [1.165, 1.54) is 12.1 Å². The van der Waals surface area contributed by atoms with Crippen LogP contribution < -0.4 is 9.47 Å². The zero-order valence-electron chi connectivity index (χ0n) is 21.3. The van der Waals surface area contributed by atoms with Gasteiger partial charge in [0.05, 0.1) is 0 Å². The van der Waals surface area contributed by atoms with Crippen LogP contribution in [0.5, 0.6) is 28.7 Å². The number of carbonyl (C=O) groups is 3. The maximum absolute atomic E-state index is 13.2. The molecule has 0 bridgehead atoms. The number of aromatic hydroxyl groups is 2. The van der Waals surface area contributed by atoms with Gasteiger partial charge in [0.15, 0.2) is 17.8 Å². The second kappa shape index (κ2) is 10.3. The third kappa shape index (κ3) is 4.81. The fourth-order valence-corrected chi connectivity index (χ4v) is 5.23. The molecular formula is C28H30O10. The number of phenolic OH excluding ortho intramolecular Hbond substituents is 2. The van der Waals surface area contributed by atoms with E-state index in [2.05, 4.69) is 0 Å². The lowest BCUT2D eigenvalue weighted by molar-refractivity contribution is -0.249. The van der Waals surface area contributed by atoms with Crippen LogP contribution in [0, 0.1) is 0 Å². The van der Waals surface area contributed by atoms with Crippen molar-refractivity contribution in [3.8, 4) is 28.7 Å². The fourth-order valence-electron chi connectivity index (χ4n) is 5.23. The summed E-state index contributed by atoms with van der Waals surface area (Å²) in [5.74, 6) is -3.76. The number of hydrogen-bond donors (Lipinski definition) is 2. The van der Waals surface area contributed by atoms with Crippen molar-refractivity contribution in [2.45, 2.75) is 77.3 Å². The number of benzene rings is 2. The Morgan fingerprint density at radius 1 is 1.05 bits per heavy atom. The van der Waals surface area contributed by atoms with Gasteiger partial charge in [-0.25, -0.2) is 9.59 Å². The summed E-state index contributed by atoms with van der Waals surface area (Å²) < 4.78 is 28.8. The minimum Gasteiger partial charge on any atom is -0.508 e. The van der Waals surface area contributed by atoms with E-state index in [1.54, 1.807) is 0 Å². The van der Waals surface area contributed by atoms with Gasteiger partial charge >= 0.3 is 11.9 Å². The quantitative estimate of drug-likeness (QED) is 0.283. The van der Waals surface area contributed by atoms with Gasteiger partial charge in [0, 0.05) is 56.4 Å². The fraction of sp³-hybridized carbons (Fsp3) is 0.464. The molecule has 1 spiro atoms. The molecule has 3 aliphatic heterocycles. The highest BCUT2D eigenvalue weighted by Gasteiger charge is 2.50. The molecule has 0 saturated carbocycles. The highest BCUT2D eigenvalue weighted by Crippen LogP contribution is 2.51. The standard InChI is InChI=1S/C28H30O10/c1-3-5-6-7-16(29)10-15-11-17(30)12-20-23(15)26(32)36-21-13-19(31)24-18(25(21)35-20)14-28(38-27(24)33)9-8-22(37-28)34-4-2/h11-13,22,30-31H,3-10,14H2,1-2H3/t22-,28?/m1/s1. The van der Waals surface area contributed by atoms with E-state index < -0.39 is 29.8 Å². The van der Waals surface area contributed by atoms with Gasteiger partial charge in [0.1, 0.15) is 34.2 Å². The van der Waals surface area contributed by atoms with Gasteiger partial charge in [0.25, 0.3) is 0 Å². The molecule has 10 nitrogen and oxygen atoms in total. The summed E-state index contributed by atoms with van der Waals surface area (Å²) in [5, 5.41) is 21.1. The molecule has 0 aliphatic carbocycles. The van der Waals surface area contributed by atoms with E-state index in [-0.39, 0.29) is 63.9 Å². The summed E-state index contributed by atoms with van der Waals surface area (Å²) >= 11 is 0. The molecular weight excluding hydrogens is 496 g/mol. The smallest absolute Gasteiger partial charge is 0.347 e. The molecule has 3 aliphatic rings. The van der Waals surface area contributed by atoms with Crippen molar-refractivity contribution in [2.24, 2.45) is 0 Å². The van der Waals surface area contributed by atoms with Crippen molar-refractivity contribution in [2.75, 3.05) is 6.61 Å². The Labute approximate surface area is 219 Å². The molecule has 0 radical (unpaired) electrons. The Hall–Kier alpha value is -3.63. The normalized spacial score (nSPS) is 21.6. The largest absolute Gasteiger partial charge is 0.508 e. The maximum Gasteiger partial charge on any atom is 0.347 e. The first kappa shape index (κ1) is 26.0. The van der Waals surface area contributed by atoms with Gasteiger partial charge in [-0.15, -0.1) is 0 Å². The third-order valence-electron chi connectivity index (χ3n) is 6.95. The van der Waals surface area contributed by atoms with Crippen molar-refractivity contribution < 1.29 is 48.3 Å². The Morgan fingerprint density at radius 2 is 1.87 bits per heavy atom. The molecule has 5 rings (SSSR count). The number of ether oxygens (including phenoxy) is 5. The average molecular weight is 527 g/mol. The van der Waals surface area contributed by atoms with Crippen LogP contribution in [0.1, 0.15) is 84.2 Å². The highest BCUT2D eigenvalue weighted by molar-refractivity contribution is 6.01. The molecule has 2 aromatic carbocycles. The van der Waals surface area contributed by atoms with Crippen molar-refractivity contribution in [3.05, 3.63) is 40.5 Å². The second-order valence-corrected chi connectivity index (χ2v) is 9.74. The van der Waals surface area contributed by atoms with Crippen molar-refractivity contribution in [3.63, 3.8) is 0 Å². The number of rotatable bonds is 8. The molecule has 1 unspecified atom stereocenters. The van der Waals surface area contributed by atoms with E-state index in [0.29, 0.717) is 25.9 Å². The molecule has 1 fully saturated rings. The molecule has 10 heteroatoms. The van der Waals surface area contributed by atoms with Crippen LogP contribution in [0.2, 0.25) is 0 Å². The summed E-state index contributed by atoms with van der Waals surface area (Å²) in [4.78, 5) is 38.8. The van der Waals surface area contributed by atoms with Gasteiger partial charge in [0.2, 0.25) is 5.79 Å². The lowest BCUT2D eigenvalue weighted by atomic mass is 9.92. The first-order valence-corrected chi connectivity index (χ1v) is 12.9. The molecule has 38 heavy (non-hydrogen) atoms. The van der Waals surface area contributed by atoms with Gasteiger partial charge in [-0.1, -0.05) is 19.8 Å². The molecule has 2 N–H and O–H groups in total. The van der Waals surface area contributed by atoms with Crippen LogP contribution >= 0.6 is 0 Å². The van der Waals surface area contributed by atoms with Crippen LogP contribution in [0.15, 0.2) is 18.2 Å². The van der Waals surface area contributed by atoms with E-state index >= 15 is 0 Å². The summed E-state index contributed by atoms with van der Waals surface area (Å²) in [7, 11) is 0. The molecule has 0 aromatic heterocycles. The van der Waals surface area contributed by atoms with Crippen LogP contribution in [0.25, 0.3) is 0 Å². The van der Waals surface area contributed by atoms with Crippen molar-refractivity contribution >= 4 is 17.7 Å². The Balaban J connectivity index is 1.53. The van der Waals surface area contributed by atoms with Gasteiger partial charge in [-0.3, -0.25) is 4.79 Å². The highest BCUT2D eigenvalue weighted by atomic mass is 16.8. The molecule has 2 aromatic rings. The number of esters is 2. The van der Waals surface area contributed by atoms with E-state index in [0.717, 1.165) is 25.3 Å². The molecule has 1 saturated heterocycles. The van der Waals surface area contributed by atoms with Crippen LogP contribution in [-0.2, 0) is 31.8 Å². The van der Waals surface area contributed by atoms with E-state index in [4.69, 9.17) is 23.7 Å². The topological polar surface area (TPSA) is 138 Å². The van der Waals surface area contributed by atoms with Gasteiger partial charge in [-0.2, -0.15) is 0 Å². The number of unbranched alkanes of at least 4 members (excludes halogenated alkanes) is 2. The average Bonchev–Trinajstić information content (AvgIpc) is 3.15. The van der Waals surface area contributed by atoms with Crippen LogP contribution in [0.4, 0.5) is 0 Å². The SMILES string of the molecule is CCCCCC(=O)Cc1cc(O)cc2c1C(=O)Oc1cc(O)c3c(c1O2)CC1(CC[C@H](OCC)O1)OC3=O. The molecule has 3 heterocycles.